The van der Waals surface area contributed by atoms with Gasteiger partial charge in [0.15, 0.2) is 17.5 Å². The summed E-state index contributed by atoms with van der Waals surface area (Å²) >= 11 is 0. The number of rotatable bonds is 4. The maximum Gasteiger partial charge on any atom is 0.226 e. The highest BCUT2D eigenvalue weighted by atomic mass is 19.2. The number of nitrogens with one attached hydrogen (secondary N) is 1. The van der Waals surface area contributed by atoms with Crippen molar-refractivity contribution in [1.82, 2.24) is 4.57 Å². The van der Waals surface area contributed by atoms with Gasteiger partial charge in [-0.1, -0.05) is 18.2 Å². The molecule has 1 aromatic heterocycles. The van der Waals surface area contributed by atoms with Gasteiger partial charge in [0, 0.05) is 36.3 Å². The number of aryl methyl sites for hydroxylation is 1. The second kappa shape index (κ2) is 6.72. The maximum atomic E-state index is 13.2. The Morgan fingerprint density at radius 2 is 1.85 bits per heavy atom. The van der Waals surface area contributed by atoms with E-state index in [1.54, 1.807) is 36.0 Å². The average Bonchev–Trinajstić information content (AvgIpc) is 2.97. The molecule has 0 aliphatic rings. The van der Waals surface area contributed by atoms with Gasteiger partial charge in [0.25, 0.3) is 0 Å². The summed E-state index contributed by atoms with van der Waals surface area (Å²) in [6.45, 7) is 0. The lowest BCUT2D eigenvalue weighted by Gasteiger charge is -2.03. The molecule has 130 valence electrons. The van der Waals surface area contributed by atoms with Crippen LogP contribution >= 0.6 is 0 Å². The number of hydrogen-bond acceptors (Lipinski definition) is 4. The van der Waals surface area contributed by atoms with Crippen molar-refractivity contribution < 1.29 is 18.0 Å². The predicted octanol–water partition coefficient (Wildman–Crippen LogP) is 3.77. The Morgan fingerprint density at radius 3 is 2.50 bits per heavy atom. The quantitative estimate of drug-likeness (QED) is 0.335. The topological polar surface area (TPSA) is 70.2 Å². The summed E-state index contributed by atoms with van der Waals surface area (Å²) in [5, 5.41) is 13.5. The first-order valence-electron chi connectivity index (χ1n) is 7.39. The minimum atomic E-state index is -1.62. The summed E-state index contributed by atoms with van der Waals surface area (Å²) in [5.74, 6) is -5.10. The Bertz CT molecular complexity index is 1070. The summed E-state index contributed by atoms with van der Waals surface area (Å²) in [5.41, 5.74) is 2.52. The average molecular weight is 356 g/mol. The molecule has 2 aromatic carbocycles. The zero-order valence-electron chi connectivity index (χ0n) is 13.4. The third kappa shape index (κ3) is 3.02. The van der Waals surface area contributed by atoms with Crippen molar-refractivity contribution in [2.45, 2.75) is 0 Å². The highest BCUT2D eigenvalue weighted by Gasteiger charge is 2.19. The summed E-state index contributed by atoms with van der Waals surface area (Å²) in [6, 6.07) is 10.1. The fourth-order valence-corrected chi connectivity index (χ4v) is 2.52. The Kier molecular flexibility index (Phi) is 4.45. The Labute approximate surface area is 146 Å². The molecule has 3 aromatic rings. The lowest BCUT2D eigenvalue weighted by atomic mass is 10.1. The third-order valence-electron chi connectivity index (χ3n) is 3.74. The van der Waals surface area contributed by atoms with Crippen LogP contribution in [0.25, 0.3) is 10.9 Å². The molecular formula is C18H11F3N4O. The minimum Gasteiger partial charge on any atom is -0.350 e. The molecule has 0 atom stereocenters. The number of anilines is 1. The number of carbonyl (C=O) groups excluding carboxylic acids is 1. The van der Waals surface area contributed by atoms with Crippen molar-refractivity contribution in [2.24, 2.45) is 12.1 Å². The van der Waals surface area contributed by atoms with Crippen molar-refractivity contribution in [3.63, 3.8) is 0 Å². The summed E-state index contributed by atoms with van der Waals surface area (Å²) in [7, 11) is 1.75. The Morgan fingerprint density at radius 1 is 1.19 bits per heavy atom. The van der Waals surface area contributed by atoms with Gasteiger partial charge < -0.3 is 4.57 Å². The van der Waals surface area contributed by atoms with Gasteiger partial charge >= 0.3 is 0 Å². The first-order valence-corrected chi connectivity index (χ1v) is 7.39. The highest BCUT2D eigenvalue weighted by molar-refractivity contribution is 6.52. The predicted molar refractivity (Wildman–Crippen MR) is 90.2 cm³/mol. The van der Waals surface area contributed by atoms with Crippen LogP contribution in [0, 0.1) is 28.8 Å². The number of halogens is 3. The summed E-state index contributed by atoms with van der Waals surface area (Å²) in [4.78, 5) is 12.6. The molecule has 0 bridgehead atoms. The first kappa shape index (κ1) is 17.2. The fourth-order valence-electron chi connectivity index (χ4n) is 2.52. The molecule has 0 aliphatic heterocycles. The zero-order chi connectivity index (χ0) is 18.8. The SMILES string of the molecule is Cn1cc(C(=O)/C(C#N)=N/Nc2cc(F)c(F)c(F)c2)c2ccccc21. The molecular weight excluding hydrogens is 345 g/mol. The van der Waals surface area contributed by atoms with Gasteiger partial charge in [-0.15, -0.1) is 0 Å². The second-order valence-electron chi connectivity index (χ2n) is 5.44. The maximum absolute atomic E-state index is 13.2. The number of hydrogen-bond donors (Lipinski definition) is 1. The molecule has 0 saturated carbocycles. The van der Waals surface area contributed by atoms with E-state index in [9.17, 15) is 23.2 Å². The van der Waals surface area contributed by atoms with Crippen LogP contribution in [-0.2, 0) is 7.05 Å². The van der Waals surface area contributed by atoms with E-state index < -0.39 is 28.9 Å². The van der Waals surface area contributed by atoms with Gasteiger partial charge in [-0.3, -0.25) is 10.2 Å². The van der Waals surface area contributed by atoms with E-state index in [1.165, 1.54) is 0 Å². The first-order chi connectivity index (χ1) is 12.4. The molecule has 0 aliphatic carbocycles. The number of Topliss-reactive ketones (excluding diaryl/α,β-unsaturated/α-hetero) is 1. The Balaban J connectivity index is 1.94. The number of benzene rings is 2. The van der Waals surface area contributed by atoms with Crippen LogP contribution in [0.3, 0.4) is 0 Å². The molecule has 0 amide bonds. The van der Waals surface area contributed by atoms with Crippen LogP contribution in [0.1, 0.15) is 10.4 Å². The van der Waals surface area contributed by atoms with Crippen LogP contribution < -0.4 is 5.43 Å². The zero-order valence-corrected chi connectivity index (χ0v) is 13.4. The van der Waals surface area contributed by atoms with Crippen molar-refractivity contribution in [3.05, 3.63) is 65.6 Å². The van der Waals surface area contributed by atoms with E-state index in [-0.39, 0.29) is 11.3 Å². The van der Waals surface area contributed by atoms with Gasteiger partial charge in [-0.2, -0.15) is 10.4 Å². The van der Waals surface area contributed by atoms with Crippen molar-refractivity contribution in [3.8, 4) is 6.07 Å². The van der Waals surface area contributed by atoms with Crippen molar-refractivity contribution in [1.29, 1.82) is 5.26 Å². The van der Waals surface area contributed by atoms with Crippen LogP contribution in [0.5, 0.6) is 0 Å². The van der Waals surface area contributed by atoms with Crippen LogP contribution in [-0.4, -0.2) is 16.1 Å². The fraction of sp³-hybridized carbons (Fsp3) is 0.0556. The summed E-state index contributed by atoms with van der Waals surface area (Å²) in [6.07, 6.45) is 1.57. The van der Waals surface area contributed by atoms with E-state index in [0.29, 0.717) is 17.5 Å². The molecule has 5 nitrogen and oxygen atoms in total. The molecule has 3 rings (SSSR count). The number of hydrazone groups is 1. The van der Waals surface area contributed by atoms with Gasteiger partial charge in [-0.05, 0) is 6.07 Å². The molecule has 0 spiro atoms. The number of carbonyl (C=O) groups is 1. The number of aromatic nitrogens is 1. The molecule has 0 fully saturated rings. The van der Waals surface area contributed by atoms with Gasteiger partial charge in [0.05, 0.1) is 11.3 Å². The van der Waals surface area contributed by atoms with Gasteiger partial charge in [0.2, 0.25) is 11.5 Å². The molecule has 0 unspecified atom stereocenters. The smallest absolute Gasteiger partial charge is 0.226 e. The van der Waals surface area contributed by atoms with Crippen molar-refractivity contribution >= 4 is 28.1 Å². The summed E-state index contributed by atoms with van der Waals surface area (Å²) < 4.78 is 41.1. The van der Waals surface area contributed by atoms with Crippen LogP contribution in [0.2, 0.25) is 0 Å². The molecule has 26 heavy (non-hydrogen) atoms. The number of fused-ring (bicyclic) bond motifs is 1. The highest BCUT2D eigenvalue weighted by Crippen LogP contribution is 2.21. The minimum absolute atomic E-state index is 0.236. The Hall–Kier alpha value is -3.60. The lowest BCUT2D eigenvalue weighted by molar-refractivity contribution is 0.106. The standard InChI is InChI=1S/C18H11F3N4O/c1-25-9-12(11-4-2-3-5-16(11)25)18(26)15(8-22)24-23-10-6-13(19)17(21)14(20)7-10/h2-7,9,23H,1H3/b24-15+. The second-order valence-corrected chi connectivity index (χ2v) is 5.44. The van der Waals surface area contributed by atoms with Crippen molar-refractivity contribution in [2.75, 3.05) is 5.43 Å². The van der Waals surface area contributed by atoms with E-state index >= 15 is 0 Å². The number of nitrogens with zero attached hydrogens (tertiary/aromatic N) is 3. The monoisotopic (exact) mass is 356 g/mol. The number of nitriles is 1. The molecule has 1 N–H and O–H groups in total. The van der Waals surface area contributed by atoms with E-state index in [2.05, 4.69) is 10.5 Å². The molecule has 8 heteroatoms. The van der Waals surface area contributed by atoms with E-state index in [4.69, 9.17) is 0 Å². The van der Waals surface area contributed by atoms with Crippen LogP contribution in [0.15, 0.2) is 47.7 Å². The van der Waals surface area contributed by atoms with E-state index in [1.807, 2.05) is 12.1 Å². The molecule has 1 heterocycles. The molecule has 0 saturated heterocycles. The normalized spacial score (nSPS) is 11.4. The van der Waals surface area contributed by atoms with Crippen LogP contribution in [0.4, 0.5) is 18.9 Å². The third-order valence-corrected chi connectivity index (χ3v) is 3.74. The largest absolute Gasteiger partial charge is 0.350 e. The lowest BCUT2D eigenvalue weighted by Crippen LogP contribution is -2.14. The van der Waals surface area contributed by atoms with E-state index in [0.717, 1.165) is 5.52 Å². The van der Waals surface area contributed by atoms with Gasteiger partial charge in [0.1, 0.15) is 6.07 Å². The number of para-hydroxylation sites is 1. The number of ketones is 1. The van der Waals surface area contributed by atoms with Gasteiger partial charge in [-0.25, -0.2) is 13.2 Å². The molecule has 0 radical (unpaired) electrons.